The zero-order chi connectivity index (χ0) is 9.28. The van der Waals surface area contributed by atoms with Gasteiger partial charge in [0, 0.05) is 0 Å². The number of nitrogens with two attached hydrogens (primary N) is 1. The normalized spacial score (nSPS) is 10.4. The first kappa shape index (κ1) is 18.8. The first-order chi connectivity index (χ1) is 5.18. The Balaban J connectivity index is -0.000000249. The number of carboxylic acid groups (broad SMARTS) is 1. The molecule has 0 aliphatic rings. The predicted molar refractivity (Wildman–Crippen MR) is 51.7 cm³/mol. The molecule has 0 radical (unpaired) electrons. The molecule has 12 heavy (non-hydrogen) atoms. The molecule has 0 spiro atoms. The predicted octanol–water partition coefficient (Wildman–Crippen LogP) is 1.26. The summed E-state index contributed by atoms with van der Waals surface area (Å²) in [7, 11) is 4.58. The van der Waals surface area contributed by atoms with Crippen LogP contribution in [0.2, 0.25) is 0 Å². The average molecular weight is 418 g/mol. The Kier molecular flexibility index (Phi) is 22.9. The number of hydrogen-bond acceptors (Lipinski definition) is 3. The summed E-state index contributed by atoms with van der Waals surface area (Å²) in [6, 6.07) is -0.683. The van der Waals surface area contributed by atoms with Crippen molar-refractivity contribution in [2.45, 2.75) is 12.5 Å². The number of thioether (sulfide) groups is 1. The molecule has 0 amide bonds. The van der Waals surface area contributed by atoms with E-state index in [1.54, 1.807) is 31.7 Å². The molecule has 1 unspecified atom stereocenters. The zero-order valence-corrected chi connectivity index (χ0v) is 11.0. The number of carbonyl (C=O) groups is 1. The molecule has 0 aromatic heterocycles. The van der Waals surface area contributed by atoms with Gasteiger partial charge in [-0.25, -0.2) is 0 Å². The van der Waals surface area contributed by atoms with Crippen LogP contribution in [-0.4, -0.2) is 29.1 Å². The second-order valence-electron chi connectivity index (χ2n) is 1.73. The quantitative estimate of drug-likeness (QED) is 0.676. The molecule has 0 heterocycles. The van der Waals surface area contributed by atoms with Crippen LogP contribution in [0.4, 0.5) is 0 Å². The van der Waals surface area contributed by atoms with E-state index in [1.807, 2.05) is 6.26 Å². The molecule has 7 heteroatoms. The van der Waals surface area contributed by atoms with Gasteiger partial charge in [0.15, 0.2) is 0 Å². The molecule has 1 atom stereocenters. The number of carboxylic acids is 1. The molecule has 0 saturated heterocycles. The van der Waals surface area contributed by atoms with E-state index in [2.05, 4.69) is 9.19 Å². The molecule has 0 aromatic rings. The Bertz CT molecular complexity index is 109. The molecule has 80 valence electrons. The van der Waals surface area contributed by atoms with Crippen molar-refractivity contribution in [3.63, 3.8) is 0 Å². The fourth-order valence-corrected chi connectivity index (χ4v) is 0.858. The van der Waals surface area contributed by atoms with Crippen molar-refractivity contribution < 1.29 is 29.9 Å². The zero-order valence-electron chi connectivity index (χ0n) is 6.42. The molecule has 3 N–H and O–H groups in total. The van der Waals surface area contributed by atoms with Gasteiger partial charge in [-0.2, -0.15) is 11.8 Å². The number of rotatable bonds is 4. The van der Waals surface area contributed by atoms with E-state index in [0.717, 1.165) is 5.75 Å². The van der Waals surface area contributed by atoms with E-state index in [4.69, 9.17) is 10.8 Å². The minimum atomic E-state index is -0.913. The van der Waals surface area contributed by atoms with E-state index < -0.39 is 12.0 Å². The molecule has 0 rings (SSSR count). The maximum atomic E-state index is 10.1. The van der Waals surface area contributed by atoms with Crippen LogP contribution in [-0.2, 0) is 24.8 Å². The van der Waals surface area contributed by atoms with E-state index >= 15 is 0 Å². The molecule has 0 aliphatic heterocycles. The van der Waals surface area contributed by atoms with Crippen molar-refractivity contribution in [1.82, 2.24) is 0 Å². The fourth-order valence-electron chi connectivity index (χ4n) is 0.368. The molecule has 3 nitrogen and oxygen atoms in total. The van der Waals surface area contributed by atoms with Crippen LogP contribution < -0.4 is 5.73 Å². The summed E-state index contributed by atoms with van der Waals surface area (Å²) < 4.78 is 0. The summed E-state index contributed by atoms with van der Waals surface area (Å²) in [5.41, 5.74) is 5.19. The Morgan fingerprint density at radius 3 is 2.42 bits per heavy atom. The Morgan fingerprint density at radius 1 is 1.75 bits per heavy atom. The second kappa shape index (κ2) is 14.6. The van der Waals surface area contributed by atoms with Crippen LogP contribution in [0.15, 0.2) is 0 Å². The van der Waals surface area contributed by atoms with Gasteiger partial charge in [0.1, 0.15) is 6.04 Å². The average Bonchev–Trinajstić information content (AvgIpc) is 2.03. The van der Waals surface area contributed by atoms with Gasteiger partial charge in [-0.05, 0) is 18.4 Å². The monoisotopic (exact) mass is 417 g/mol. The van der Waals surface area contributed by atoms with Gasteiger partial charge >= 0.3 is 35.1 Å². The van der Waals surface area contributed by atoms with Crippen molar-refractivity contribution in [2.24, 2.45) is 5.73 Å². The molecule has 0 fully saturated rings. The van der Waals surface area contributed by atoms with Crippen molar-refractivity contribution in [3.05, 3.63) is 0 Å². The summed E-state index contributed by atoms with van der Waals surface area (Å²) >= 11 is 3.35. The maximum absolute atomic E-state index is 10.1. The van der Waals surface area contributed by atoms with Gasteiger partial charge in [-0.3, -0.25) is 4.79 Å². The van der Waals surface area contributed by atoms with E-state index in [-0.39, 0.29) is 12.4 Å². The van der Waals surface area contributed by atoms with Crippen LogP contribution in [0.25, 0.3) is 0 Å². The van der Waals surface area contributed by atoms with Crippen molar-refractivity contribution in [2.75, 3.05) is 12.0 Å². The third kappa shape index (κ3) is 13.7. The van der Waals surface area contributed by atoms with Gasteiger partial charge in [0.05, 0.1) is 0 Å². The summed E-state index contributed by atoms with van der Waals surface area (Å²) in [6.45, 7) is 0. The minimum absolute atomic E-state index is 0. The molecular weight excluding hydrogens is 406 g/mol. The van der Waals surface area contributed by atoms with Gasteiger partial charge in [0.25, 0.3) is 0 Å². The molecule has 0 bridgehead atoms. The second-order valence-corrected chi connectivity index (χ2v) is 2.71. The molecule has 0 aromatic carbocycles. The summed E-state index contributed by atoms with van der Waals surface area (Å²) in [4.78, 5) is 10.1. The number of halogens is 2. The standard InChI is InChI=1S/C5H11NO2S.Au.2ClH/c1-9-3-2-4(6)5(7)8;;;/h4H,2-3,6H2,1H3,(H,7,8);;2*1H/q;+1;;/p-1. The van der Waals surface area contributed by atoms with Crippen molar-refractivity contribution >= 4 is 39.3 Å². The number of aliphatic carboxylic acids is 1. The summed E-state index contributed by atoms with van der Waals surface area (Å²) in [5.74, 6) is -0.1000. The topological polar surface area (TPSA) is 63.3 Å². The Labute approximate surface area is 98.9 Å². The fraction of sp³-hybridized carbons (Fsp3) is 0.800. The van der Waals surface area contributed by atoms with Crippen molar-refractivity contribution in [1.29, 1.82) is 0 Å². The SMILES string of the molecule is CSCCC(N)C(=O)O.Cl.[Cl][Au]. The Morgan fingerprint density at radius 2 is 2.17 bits per heavy atom. The first-order valence-corrected chi connectivity index (χ1v) is 6.85. The van der Waals surface area contributed by atoms with Gasteiger partial charge in [-0.15, -0.1) is 12.4 Å². The Hall–Kier alpha value is 1.10. The molecular formula is C5H12AuCl2NO2S. The van der Waals surface area contributed by atoms with Crippen molar-refractivity contribution in [3.8, 4) is 0 Å². The van der Waals surface area contributed by atoms with Crippen LogP contribution in [0.1, 0.15) is 6.42 Å². The van der Waals surface area contributed by atoms with Gasteiger partial charge in [0.2, 0.25) is 0 Å². The van der Waals surface area contributed by atoms with E-state index in [0.29, 0.717) is 6.42 Å². The molecule has 0 saturated carbocycles. The van der Waals surface area contributed by atoms with E-state index in [9.17, 15) is 4.79 Å². The van der Waals surface area contributed by atoms with Gasteiger partial charge < -0.3 is 10.8 Å². The van der Waals surface area contributed by atoms with E-state index in [1.165, 1.54) is 0 Å². The first-order valence-electron chi connectivity index (χ1n) is 2.77. The third-order valence-electron chi connectivity index (χ3n) is 0.950. The molecule has 0 aliphatic carbocycles. The summed E-state index contributed by atoms with van der Waals surface area (Å²) in [6.07, 6.45) is 2.48. The number of hydrogen-bond donors (Lipinski definition) is 2. The van der Waals surface area contributed by atoms with Crippen LogP contribution in [0.3, 0.4) is 0 Å². The van der Waals surface area contributed by atoms with Gasteiger partial charge in [-0.1, -0.05) is 0 Å². The van der Waals surface area contributed by atoms with Crippen LogP contribution in [0.5, 0.6) is 0 Å². The van der Waals surface area contributed by atoms with Crippen LogP contribution in [0, 0.1) is 0 Å². The van der Waals surface area contributed by atoms with Crippen LogP contribution >= 0.6 is 33.4 Å². The third-order valence-corrected chi connectivity index (χ3v) is 1.59. The summed E-state index contributed by atoms with van der Waals surface area (Å²) in [5, 5.41) is 8.27.